The van der Waals surface area contributed by atoms with E-state index in [1.54, 1.807) is 0 Å². The summed E-state index contributed by atoms with van der Waals surface area (Å²) in [4.78, 5) is 24.7. The predicted molar refractivity (Wildman–Crippen MR) is 104 cm³/mol. The summed E-state index contributed by atoms with van der Waals surface area (Å²) in [6, 6.07) is 0. The normalized spacial score (nSPS) is 62.9. The van der Waals surface area contributed by atoms with Crippen LogP contribution in [0.25, 0.3) is 0 Å². The molecule has 0 aromatic carbocycles. The van der Waals surface area contributed by atoms with Crippen molar-refractivity contribution in [2.24, 2.45) is 58.2 Å². The predicted octanol–water partition coefficient (Wildman–Crippen LogP) is 4.55. The van der Waals surface area contributed by atoms with Crippen molar-refractivity contribution in [1.29, 1.82) is 0 Å². The highest BCUT2D eigenvalue weighted by Crippen LogP contribution is 2.82. The molecule has 0 amide bonds. The van der Waals surface area contributed by atoms with E-state index in [9.17, 15) is 9.59 Å². The summed E-state index contributed by atoms with van der Waals surface area (Å²) in [6.07, 6.45) is 9.81. The van der Waals surface area contributed by atoms with Crippen molar-refractivity contribution in [2.45, 2.75) is 71.3 Å². The third kappa shape index (κ3) is 1.61. The number of ketones is 1. The maximum atomic E-state index is 12.5. The molecule has 3 nitrogen and oxygen atoms in total. The van der Waals surface area contributed by atoms with Gasteiger partial charge in [-0.1, -0.05) is 26.3 Å². The lowest BCUT2D eigenvalue weighted by molar-refractivity contribution is -0.177. The van der Waals surface area contributed by atoms with Crippen LogP contribution in [0.5, 0.6) is 0 Å². The molecule has 0 N–H and O–H groups in total. The van der Waals surface area contributed by atoms with Crippen LogP contribution in [0.4, 0.5) is 0 Å². The Bertz CT molecular complexity index is 858. The third-order valence-electron chi connectivity index (χ3n) is 11.2. The van der Waals surface area contributed by atoms with E-state index in [1.165, 1.54) is 31.3 Å². The first-order valence-corrected chi connectivity index (χ1v) is 11.8. The summed E-state index contributed by atoms with van der Waals surface area (Å²) in [7, 11) is 0. The molecule has 1 spiro atoms. The number of rotatable bonds is 0. The molecule has 3 heteroatoms. The Labute approximate surface area is 167 Å². The Balaban J connectivity index is 1.33. The van der Waals surface area contributed by atoms with Crippen LogP contribution in [0.2, 0.25) is 0 Å². The lowest BCUT2D eigenvalue weighted by Gasteiger charge is -2.60. The number of carbonyl (C=O) groups is 2. The molecule has 1 aliphatic heterocycles. The smallest absolute Gasteiger partial charge is 0.306 e. The average molecular weight is 381 g/mol. The number of fused-ring (bicyclic) bond motifs is 12. The van der Waals surface area contributed by atoms with Crippen LogP contribution >= 0.6 is 0 Å². The molecule has 28 heavy (non-hydrogen) atoms. The first-order valence-electron chi connectivity index (χ1n) is 11.8. The molecule has 0 radical (unpaired) electrons. The van der Waals surface area contributed by atoms with E-state index >= 15 is 0 Å². The van der Waals surface area contributed by atoms with E-state index in [1.807, 2.05) is 0 Å². The van der Waals surface area contributed by atoms with Crippen molar-refractivity contribution in [3.05, 3.63) is 11.6 Å². The van der Waals surface area contributed by atoms with Gasteiger partial charge in [0.2, 0.25) is 0 Å². The van der Waals surface area contributed by atoms with Gasteiger partial charge < -0.3 is 4.74 Å². The van der Waals surface area contributed by atoms with E-state index in [-0.39, 0.29) is 28.3 Å². The van der Waals surface area contributed by atoms with E-state index < -0.39 is 0 Å². The maximum absolute atomic E-state index is 12.5. The molecule has 0 aromatic rings. The average Bonchev–Trinajstić information content (AvgIpc) is 3.54. The molecular weight excluding hydrogens is 348 g/mol. The molecule has 0 aromatic heterocycles. The zero-order chi connectivity index (χ0) is 19.2. The molecule has 9 unspecified atom stereocenters. The Kier molecular flexibility index (Phi) is 2.75. The van der Waals surface area contributed by atoms with Crippen molar-refractivity contribution in [2.75, 3.05) is 0 Å². The number of carbonyl (C=O) groups excluding carboxylic acids is 2. The Hall–Kier alpha value is -1.12. The quantitative estimate of drug-likeness (QED) is 0.579. The van der Waals surface area contributed by atoms with Gasteiger partial charge in [-0.25, -0.2) is 0 Å². The second kappa shape index (κ2) is 4.62. The number of hydrogen-bond acceptors (Lipinski definition) is 3. The Morgan fingerprint density at radius 3 is 2.64 bits per heavy atom. The number of esters is 1. The highest BCUT2D eigenvalue weighted by atomic mass is 16.6. The van der Waals surface area contributed by atoms with Gasteiger partial charge in [-0.2, -0.15) is 0 Å². The second-order valence-electron chi connectivity index (χ2n) is 12.1. The van der Waals surface area contributed by atoms with Gasteiger partial charge in [0.25, 0.3) is 0 Å². The minimum Gasteiger partial charge on any atom is -0.458 e. The zero-order valence-corrected chi connectivity index (χ0v) is 17.4. The minimum absolute atomic E-state index is 0.0550. The summed E-state index contributed by atoms with van der Waals surface area (Å²) in [5, 5.41) is 0. The number of allylic oxidation sites excluding steroid dienone is 1. The topological polar surface area (TPSA) is 43.4 Å². The molecule has 150 valence electrons. The fourth-order valence-electron chi connectivity index (χ4n) is 10.1. The van der Waals surface area contributed by atoms with Crippen LogP contribution in [0.15, 0.2) is 11.6 Å². The van der Waals surface area contributed by atoms with E-state index in [0.717, 1.165) is 42.4 Å². The van der Waals surface area contributed by atoms with Gasteiger partial charge >= 0.3 is 5.97 Å². The standard InChI is InChI=1S/C25H32O3/c1-12-11-23(2)16-4-6-24(3)22(15-9-18(15)25(24)7-5-20(27)28-25)21(16)14-8-13(14)17(23)10-19(12)26/h10,12-16,18,21-22H,4-9,11H2,1-3H3/t12-,13?,14?,15?,16?,18?,21?,22?,23?,24?,25+/m1/s1. The van der Waals surface area contributed by atoms with Gasteiger partial charge in [0.15, 0.2) is 5.78 Å². The molecule has 5 saturated carbocycles. The number of hydrogen-bond donors (Lipinski definition) is 0. The molecular formula is C25H32O3. The van der Waals surface area contributed by atoms with Crippen molar-refractivity contribution in [3.63, 3.8) is 0 Å². The summed E-state index contributed by atoms with van der Waals surface area (Å²) in [5.74, 6) is 5.76. The summed E-state index contributed by atoms with van der Waals surface area (Å²) < 4.78 is 6.23. The van der Waals surface area contributed by atoms with Gasteiger partial charge in [-0.15, -0.1) is 0 Å². The van der Waals surface area contributed by atoms with Crippen LogP contribution in [-0.4, -0.2) is 17.4 Å². The van der Waals surface area contributed by atoms with Crippen molar-refractivity contribution in [3.8, 4) is 0 Å². The molecule has 1 heterocycles. The van der Waals surface area contributed by atoms with Gasteiger partial charge in [0, 0.05) is 23.7 Å². The monoisotopic (exact) mass is 380 g/mol. The van der Waals surface area contributed by atoms with Gasteiger partial charge in [0.05, 0.1) is 0 Å². The summed E-state index contributed by atoms with van der Waals surface area (Å²) in [5.41, 5.74) is 1.80. The third-order valence-corrected chi connectivity index (χ3v) is 11.2. The first kappa shape index (κ1) is 16.7. The highest BCUT2D eigenvalue weighted by molar-refractivity contribution is 5.93. The van der Waals surface area contributed by atoms with Crippen molar-refractivity contribution < 1.29 is 14.3 Å². The molecule has 6 fully saturated rings. The van der Waals surface area contributed by atoms with Gasteiger partial charge in [-0.3, -0.25) is 9.59 Å². The fourth-order valence-corrected chi connectivity index (χ4v) is 10.1. The van der Waals surface area contributed by atoms with Crippen molar-refractivity contribution in [1.82, 2.24) is 0 Å². The fraction of sp³-hybridized carbons (Fsp3) is 0.840. The van der Waals surface area contributed by atoms with Crippen LogP contribution in [0, 0.1) is 58.2 Å². The Morgan fingerprint density at radius 1 is 1.07 bits per heavy atom. The molecule has 1 saturated heterocycles. The summed E-state index contributed by atoms with van der Waals surface area (Å²) in [6.45, 7) is 7.14. The lowest BCUT2D eigenvalue weighted by Crippen LogP contribution is -2.57. The van der Waals surface area contributed by atoms with Crippen LogP contribution in [-0.2, 0) is 14.3 Å². The van der Waals surface area contributed by atoms with E-state index in [4.69, 9.17) is 4.74 Å². The lowest BCUT2D eigenvalue weighted by atomic mass is 9.44. The highest BCUT2D eigenvalue weighted by Gasteiger charge is 2.81. The Morgan fingerprint density at radius 2 is 1.89 bits per heavy atom. The second-order valence-corrected chi connectivity index (χ2v) is 12.1. The van der Waals surface area contributed by atoms with E-state index in [0.29, 0.717) is 24.0 Å². The molecule has 7 aliphatic rings. The minimum atomic E-state index is -0.137. The molecule has 0 bridgehead atoms. The van der Waals surface area contributed by atoms with Crippen molar-refractivity contribution >= 4 is 11.8 Å². The van der Waals surface area contributed by atoms with E-state index in [2.05, 4.69) is 26.8 Å². The molecule has 6 aliphatic carbocycles. The zero-order valence-electron chi connectivity index (χ0n) is 17.4. The van der Waals surface area contributed by atoms with Crippen LogP contribution < -0.4 is 0 Å². The maximum Gasteiger partial charge on any atom is 0.306 e. The number of ether oxygens (including phenoxy) is 1. The molecule has 7 rings (SSSR count). The van der Waals surface area contributed by atoms with Gasteiger partial charge in [-0.05, 0) is 85.5 Å². The van der Waals surface area contributed by atoms with Crippen LogP contribution in [0.3, 0.4) is 0 Å². The largest absolute Gasteiger partial charge is 0.458 e. The van der Waals surface area contributed by atoms with Gasteiger partial charge in [0.1, 0.15) is 5.60 Å². The SMILES string of the molecule is C[C@@H]1CC2(C)C(=CC1=O)C1CC1C1C2CCC2(C)C1C1CC1[C@@]21CCC(=O)O1. The van der Waals surface area contributed by atoms with Crippen LogP contribution in [0.1, 0.15) is 65.7 Å². The molecule has 11 atom stereocenters. The first-order chi connectivity index (χ1) is 13.3. The summed E-state index contributed by atoms with van der Waals surface area (Å²) >= 11 is 0.